The van der Waals surface area contributed by atoms with Gasteiger partial charge in [-0.3, -0.25) is 9.59 Å². The molecule has 3 aliphatic rings. The second-order valence-corrected chi connectivity index (χ2v) is 6.99. The lowest BCUT2D eigenvalue weighted by molar-refractivity contribution is -0.153. The lowest BCUT2D eigenvalue weighted by Gasteiger charge is -2.37. The Balaban J connectivity index is 1.66. The summed E-state index contributed by atoms with van der Waals surface area (Å²) in [5.41, 5.74) is 0. The summed E-state index contributed by atoms with van der Waals surface area (Å²) >= 11 is 0. The van der Waals surface area contributed by atoms with Crippen molar-refractivity contribution in [2.45, 2.75) is 38.8 Å². The van der Waals surface area contributed by atoms with E-state index in [2.05, 4.69) is 13.8 Å². The Bertz CT molecular complexity index is 434. The van der Waals surface area contributed by atoms with Crippen LogP contribution < -0.4 is 0 Å². The lowest BCUT2D eigenvalue weighted by atomic mass is 9.99. The van der Waals surface area contributed by atoms with Crippen molar-refractivity contribution in [1.29, 1.82) is 0 Å². The molecule has 22 heavy (non-hydrogen) atoms. The van der Waals surface area contributed by atoms with Gasteiger partial charge in [-0.05, 0) is 18.8 Å². The first-order chi connectivity index (χ1) is 10.6. The third-order valence-corrected chi connectivity index (χ3v) is 4.82. The molecule has 3 rings (SSSR count). The van der Waals surface area contributed by atoms with E-state index in [1.165, 1.54) is 0 Å². The Labute approximate surface area is 131 Å². The molecule has 0 saturated carbocycles. The van der Waals surface area contributed by atoms with Gasteiger partial charge in [0.25, 0.3) is 0 Å². The minimum atomic E-state index is -0.0276. The van der Waals surface area contributed by atoms with Crippen LogP contribution >= 0.6 is 0 Å². The van der Waals surface area contributed by atoms with Crippen LogP contribution in [0.3, 0.4) is 0 Å². The van der Waals surface area contributed by atoms with Crippen molar-refractivity contribution in [2.24, 2.45) is 11.8 Å². The third kappa shape index (κ3) is 3.13. The molecule has 0 radical (unpaired) electrons. The first-order valence-electron chi connectivity index (χ1n) is 8.34. The topological polar surface area (TPSA) is 59.1 Å². The van der Waals surface area contributed by atoms with Gasteiger partial charge in [-0.1, -0.05) is 13.8 Å². The standard InChI is InChI=1S/C16H26N2O4/c1-11(2)7-18-13-8-17(9-14(13)22-10-15(18)19)16(20)12-3-5-21-6-4-12/h11-14H,3-10H2,1-2H3/t13-,14-/m1/s1. The van der Waals surface area contributed by atoms with E-state index in [1.807, 2.05) is 9.80 Å². The highest BCUT2D eigenvalue weighted by atomic mass is 16.5. The fourth-order valence-corrected chi connectivity index (χ4v) is 3.68. The summed E-state index contributed by atoms with van der Waals surface area (Å²) in [5.74, 6) is 0.750. The lowest BCUT2D eigenvalue weighted by Crippen LogP contribution is -2.55. The van der Waals surface area contributed by atoms with E-state index in [1.54, 1.807) is 0 Å². The molecule has 2 amide bonds. The molecule has 3 heterocycles. The molecule has 6 heteroatoms. The number of fused-ring (bicyclic) bond motifs is 1. The summed E-state index contributed by atoms with van der Waals surface area (Å²) in [4.78, 5) is 28.6. The number of hydrogen-bond donors (Lipinski definition) is 0. The van der Waals surface area contributed by atoms with E-state index in [4.69, 9.17) is 9.47 Å². The molecule has 6 nitrogen and oxygen atoms in total. The molecule has 0 N–H and O–H groups in total. The van der Waals surface area contributed by atoms with Crippen LogP contribution in [0.15, 0.2) is 0 Å². The second-order valence-electron chi connectivity index (χ2n) is 6.99. The SMILES string of the molecule is CC(C)CN1C(=O)CO[C@@H]2CN(C(=O)C3CCOCC3)C[C@H]21. The number of nitrogens with zero attached hydrogens (tertiary/aromatic N) is 2. The van der Waals surface area contributed by atoms with Crippen molar-refractivity contribution >= 4 is 11.8 Å². The summed E-state index contributed by atoms with van der Waals surface area (Å²) in [7, 11) is 0. The molecule has 2 atom stereocenters. The van der Waals surface area contributed by atoms with Crippen molar-refractivity contribution in [1.82, 2.24) is 9.80 Å². The van der Waals surface area contributed by atoms with Gasteiger partial charge in [0.15, 0.2) is 0 Å². The van der Waals surface area contributed by atoms with E-state index in [-0.39, 0.29) is 36.5 Å². The fourth-order valence-electron chi connectivity index (χ4n) is 3.68. The van der Waals surface area contributed by atoms with Crippen LogP contribution in [0, 0.1) is 11.8 Å². The Morgan fingerprint density at radius 2 is 2.00 bits per heavy atom. The minimum Gasteiger partial charge on any atom is -0.381 e. The first-order valence-corrected chi connectivity index (χ1v) is 8.34. The van der Waals surface area contributed by atoms with Crippen LogP contribution in [0.5, 0.6) is 0 Å². The Hall–Kier alpha value is -1.14. The zero-order valence-corrected chi connectivity index (χ0v) is 13.5. The molecular formula is C16H26N2O4. The maximum atomic E-state index is 12.7. The summed E-state index contributed by atoms with van der Waals surface area (Å²) in [6.45, 7) is 7.67. The number of morpholine rings is 1. The van der Waals surface area contributed by atoms with Gasteiger partial charge >= 0.3 is 0 Å². The fraction of sp³-hybridized carbons (Fsp3) is 0.875. The number of carbonyl (C=O) groups excluding carboxylic acids is 2. The zero-order chi connectivity index (χ0) is 15.7. The summed E-state index contributed by atoms with van der Waals surface area (Å²) in [5, 5.41) is 0. The van der Waals surface area contributed by atoms with Gasteiger partial charge in [0.05, 0.1) is 12.1 Å². The predicted octanol–water partition coefficient (Wildman–Crippen LogP) is 0.507. The van der Waals surface area contributed by atoms with Crippen LogP contribution in [-0.2, 0) is 19.1 Å². The number of rotatable bonds is 3. The first kappa shape index (κ1) is 15.7. The molecule has 3 aliphatic heterocycles. The normalized spacial score (nSPS) is 30.0. The van der Waals surface area contributed by atoms with Crippen molar-refractivity contribution < 1.29 is 19.1 Å². The average Bonchev–Trinajstić information content (AvgIpc) is 2.94. The van der Waals surface area contributed by atoms with Crippen LogP contribution in [0.1, 0.15) is 26.7 Å². The van der Waals surface area contributed by atoms with E-state index in [9.17, 15) is 9.59 Å². The third-order valence-electron chi connectivity index (χ3n) is 4.82. The monoisotopic (exact) mass is 310 g/mol. The minimum absolute atomic E-state index is 0.0208. The number of ether oxygens (including phenoxy) is 2. The molecule has 0 spiro atoms. The quantitative estimate of drug-likeness (QED) is 0.762. The maximum absolute atomic E-state index is 12.7. The van der Waals surface area contributed by atoms with E-state index >= 15 is 0 Å². The summed E-state index contributed by atoms with van der Waals surface area (Å²) in [6.07, 6.45) is 1.58. The van der Waals surface area contributed by atoms with Gasteiger partial charge in [0.1, 0.15) is 6.61 Å². The van der Waals surface area contributed by atoms with E-state index in [0.717, 1.165) is 19.4 Å². The molecule has 0 unspecified atom stereocenters. The summed E-state index contributed by atoms with van der Waals surface area (Å²) < 4.78 is 11.0. The molecule has 3 saturated heterocycles. The number of hydrogen-bond acceptors (Lipinski definition) is 4. The molecule has 0 bridgehead atoms. The van der Waals surface area contributed by atoms with Crippen LogP contribution in [0.2, 0.25) is 0 Å². The van der Waals surface area contributed by atoms with Crippen LogP contribution in [-0.4, -0.2) is 73.2 Å². The second kappa shape index (κ2) is 6.54. The molecule has 0 aromatic heterocycles. The molecule has 0 aromatic rings. The van der Waals surface area contributed by atoms with Crippen molar-refractivity contribution in [2.75, 3.05) is 39.5 Å². The molecular weight excluding hydrogens is 284 g/mol. The average molecular weight is 310 g/mol. The predicted molar refractivity (Wildman–Crippen MR) is 80.2 cm³/mol. The Kier molecular flexibility index (Phi) is 4.68. The Morgan fingerprint density at radius 1 is 1.27 bits per heavy atom. The highest BCUT2D eigenvalue weighted by molar-refractivity contribution is 5.81. The van der Waals surface area contributed by atoms with Crippen molar-refractivity contribution in [3.63, 3.8) is 0 Å². The van der Waals surface area contributed by atoms with Gasteiger partial charge in [0, 0.05) is 38.8 Å². The number of likely N-dealkylation sites (tertiary alicyclic amines) is 1. The number of carbonyl (C=O) groups is 2. The van der Waals surface area contributed by atoms with Crippen LogP contribution in [0.25, 0.3) is 0 Å². The highest BCUT2D eigenvalue weighted by Crippen LogP contribution is 2.27. The highest BCUT2D eigenvalue weighted by Gasteiger charge is 2.45. The molecule has 124 valence electrons. The molecule has 0 aliphatic carbocycles. The van der Waals surface area contributed by atoms with Gasteiger partial charge in [-0.25, -0.2) is 0 Å². The smallest absolute Gasteiger partial charge is 0.248 e. The zero-order valence-electron chi connectivity index (χ0n) is 13.5. The molecule has 3 fully saturated rings. The molecule has 0 aromatic carbocycles. The van der Waals surface area contributed by atoms with Gasteiger partial charge < -0.3 is 19.3 Å². The van der Waals surface area contributed by atoms with Crippen molar-refractivity contribution in [3.05, 3.63) is 0 Å². The van der Waals surface area contributed by atoms with E-state index in [0.29, 0.717) is 32.2 Å². The Morgan fingerprint density at radius 3 is 2.68 bits per heavy atom. The van der Waals surface area contributed by atoms with E-state index < -0.39 is 0 Å². The largest absolute Gasteiger partial charge is 0.381 e. The van der Waals surface area contributed by atoms with Gasteiger partial charge in [-0.15, -0.1) is 0 Å². The van der Waals surface area contributed by atoms with Gasteiger partial charge in [0.2, 0.25) is 11.8 Å². The maximum Gasteiger partial charge on any atom is 0.248 e. The summed E-state index contributed by atoms with van der Waals surface area (Å²) in [6, 6.07) is 0.0208. The van der Waals surface area contributed by atoms with Crippen molar-refractivity contribution in [3.8, 4) is 0 Å². The number of amides is 2. The van der Waals surface area contributed by atoms with Crippen LogP contribution in [0.4, 0.5) is 0 Å². The van der Waals surface area contributed by atoms with Gasteiger partial charge in [-0.2, -0.15) is 0 Å².